The van der Waals surface area contributed by atoms with Crippen molar-refractivity contribution in [1.82, 2.24) is 9.55 Å². The highest BCUT2D eigenvalue weighted by molar-refractivity contribution is 5.76. The smallest absolute Gasteiger partial charge is 0.131 e. The first-order valence-electron chi connectivity index (χ1n) is 7.46. The summed E-state index contributed by atoms with van der Waals surface area (Å²) in [6.07, 6.45) is 1.07. The van der Waals surface area contributed by atoms with Gasteiger partial charge in [-0.2, -0.15) is 0 Å². The predicted octanol–water partition coefficient (Wildman–Crippen LogP) is 4.31. The first-order chi connectivity index (χ1) is 10.2. The van der Waals surface area contributed by atoms with E-state index in [9.17, 15) is 0 Å². The van der Waals surface area contributed by atoms with Gasteiger partial charge in [0.2, 0.25) is 0 Å². The van der Waals surface area contributed by atoms with E-state index in [0.717, 1.165) is 23.4 Å². The zero-order valence-electron chi connectivity index (χ0n) is 12.8. The van der Waals surface area contributed by atoms with Gasteiger partial charge in [0.05, 0.1) is 17.1 Å². The van der Waals surface area contributed by atoms with Crippen LogP contribution in [0.2, 0.25) is 0 Å². The largest absolute Gasteiger partial charge is 0.375 e. The number of benzene rings is 2. The van der Waals surface area contributed by atoms with Crippen molar-refractivity contribution in [2.24, 2.45) is 7.05 Å². The molecule has 0 aliphatic heterocycles. The van der Waals surface area contributed by atoms with Gasteiger partial charge in [-0.3, -0.25) is 0 Å². The Morgan fingerprint density at radius 3 is 2.48 bits per heavy atom. The van der Waals surface area contributed by atoms with Gasteiger partial charge in [-0.05, 0) is 43.2 Å². The Kier molecular flexibility index (Phi) is 3.65. The number of fused-ring (bicyclic) bond motifs is 1. The maximum atomic E-state index is 4.74. The molecule has 3 nitrogen and oxygen atoms in total. The quantitative estimate of drug-likeness (QED) is 0.771. The van der Waals surface area contributed by atoms with E-state index < -0.39 is 0 Å². The lowest BCUT2D eigenvalue weighted by Crippen LogP contribution is -2.12. The molecule has 2 aromatic carbocycles. The molecule has 0 fully saturated rings. The molecule has 3 rings (SSSR count). The summed E-state index contributed by atoms with van der Waals surface area (Å²) in [5.41, 5.74) is 4.70. The van der Waals surface area contributed by atoms with Gasteiger partial charge in [0.15, 0.2) is 0 Å². The van der Waals surface area contributed by atoms with Crippen molar-refractivity contribution in [3.63, 3.8) is 0 Å². The van der Waals surface area contributed by atoms with Gasteiger partial charge < -0.3 is 9.88 Å². The van der Waals surface area contributed by atoms with Crippen LogP contribution in [0.1, 0.15) is 31.3 Å². The Morgan fingerprint density at radius 1 is 1.10 bits per heavy atom. The number of anilines is 1. The first-order valence-corrected chi connectivity index (χ1v) is 7.46. The Balaban J connectivity index is 1.86. The zero-order valence-corrected chi connectivity index (χ0v) is 12.8. The molecule has 0 amide bonds. The highest BCUT2D eigenvalue weighted by Crippen LogP contribution is 2.22. The molecule has 108 valence electrons. The highest BCUT2D eigenvalue weighted by Gasteiger charge is 2.13. The van der Waals surface area contributed by atoms with Crippen LogP contribution in [0.3, 0.4) is 0 Å². The Hall–Kier alpha value is -2.29. The van der Waals surface area contributed by atoms with Crippen LogP contribution in [0.4, 0.5) is 5.69 Å². The molecule has 1 heterocycles. The molecule has 3 aromatic rings. The van der Waals surface area contributed by atoms with E-state index >= 15 is 0 Å². The van der Waals surface area contributed by atoms with Crippen molar-refractivity contribution in [2.75, 3.05) is 5.32 Å². The normalized spacial score (nSPS) is 12.5. The molecule has 1 aromatic heterocycles. The van der Waals surface area contributed by atoms with E-state index in [2.05, 4.69) is 73.2 Å². The van der Waals surface area contributed by atoms with Gasteiger partial charge in [0.1, 0.15) is 5.82 Å². The van der Waals surface area contributed by atoms with Crippen molar-refractivity contribution >= 4 is 16.7 Å². The molecule has 1 N–H and O–H groups in total. The lowest BCUT2D eigenvalue weighted by atomic mass is 10.1. The standard InChI is InChI=1S/C18H21N3/c1-4-14-9-11-15(12-10-14)19-13(2)18-20-16-7-5-6-8-17(16)21(18)3/h5-13,19H,4H2,1-3H3. The number of aryl methyl sites for hydroxylation is 2. The number of aromatic nitrogens is 2. The number of rotatable bonds is 4. The van der Waals surface area contributed by atoms with Crippen LogP contribution in [0.15, 0.2) is 48.5 Å². The molecular formula is C18H21N3. The lowest BCUT2D eigenvalue weighted by molar-refractivity contribution is 0.734. The first kappa shape index (κ1) is 13.7. The lowest BCUT2D eigenvalue weighted by Gasteiger charge is -2.15. The third kappa shape index (κ3) is 2.64. The molecule has 0 saturated heterocycles. The fourth-order valence-corrected chi connectivity index (χ4v) is 2.70. The minimum absolute atomic E-state index is 0.162. The number of imidazole rings is 1. The molecule has 0 radical (unpaired) electrons. The molecule has 1 unspecified atom stereocenters. The van der Waals surface area contributed by atoms with Gasteiger partial charge >= 0.3 is 0 Å². The Bertz CT molecular complexity index is 741. The van der Waals surface area contributed by atoms with Crippen molar-refractivity contribution in [3.05, 3.63) is 59.9 Å². The fourth-order valence-electron chi connectivity index (χ4n) is 2.70. The van der Waals surface area contributed by atoms with Crippen LogP contribution in [-0.4, -0.2) is 9.55 Å². The average Bonchev–Trinajstić information content (AvgIpc) is 2.86. The van der Waals surface area contributed by atoms with Crippen LogP contribution in [-0.2, 0) is 13.5 Å². The molecule has 0 aliphatic carbocycles. The summed E-state index contributed by atoms with van der Waals surface area (Å²) in [7, 11) is 2.07. The number of para-hydroxylation sites is 2. The number of nitrogens with zero attached hydrogens (tertiary/aromatic N) is 2. The van der Waals surface area contributed by atoms with E-state index in [1.54, 1.807) is 0 Å². The molecule has 21 heavy (non-hydrogen) atoms. The molecule has 3 heteroatoms. The summed E-state index contributed by atoms with van der Waals surface area (Å²) in [6.45, 7) is 4.32. The summed E-state index contributed by atoms with van der Waals surface area (Å²) in [6, 6.07) is 17.0. The number of nitrogens with one attached hydrogen (secondary N) is 1. The minimum Gasteiger partial charge on any atom is -0.375 e. The van der Waals surface area contributed by atoms with Gasteiger partial charge in [-0.1, -0.05) is 31.2 Å². The molecule has 0 spiro atoms. The SMILES string of the molecule is CCc1ccc(NC(C)c2nc3ccccc3n2C)cc1. The summed E-state index contributed by atoms with van der Waals surface area (Å²) >= 11 is 0. The fraction of sp³-hybridized carbons (Fsp3) is 0.278. The molecule has 1 atom stereocenters. The maximum Gasteiger partial charge on any atom is 0.131 e. The van der Waals surface area contributed by atoms with E-state index in [4.69, 9.17) is 4.98 Å². The number of hydrogen-bond acceptors (Lipinski definition) is 2. The molecular weight excluding hydrogens is 258 g/mol. The van der Waals surface area contributed by atoms with Gasteiger partial charge in [-0.25, -0.2) is 4.98 Å². The predicted molar refractivity (Wildman–Crippen MR) is 88.6 cm³/mol. The molecule has 0 saturated carbocycles. The van der Waals surface area contributed by atoms with Crippen LogP contribution in [0.25, 0.3) is 11.0 Å². The highest BCUT2D eigenvalue weighted by atomic mass is 15.1. The summed E-state index contributed by atoms with van der Waals surface area (Å²) in [5.74, 6) is 1.05. The third-order valence-corrected chi connectivity index (χ3v) is 3.95. The third-order valence-electron chi connectivity index (χ3n) is 3.95. The van der Waals surface area contributed by atoms with E-state index in [1.807, 2.05) is 6.07 Å². The maximum absolute atomic E-state index is 4.74. The van der Waals surface area contributed by atoms with Crippen molar-refractivity contribution in [1.29, 1.82) is 0 Å². The molecule has 0 aliphatic rings. The number of hydrogen-bond donors (Lipinski definition) is 1. The summed E-state index contributed by atoms with van der Waals surface area (Å²) < 4.78 is 2.16. The van der Waals surface area contributed by atoms with E-state index in [0.29, 0.717) is 0 Å². The monoisotopic (exact) mass is 279 g/mol. The Morgan fingerprint density at radius 2 is 1.81 bits per heavy atom. The van der Waals surface area contributed by atoms with E-state index in [-0.39, 0.29) is 6.04 Å². The minimum atomic E-state index is 0.162. The Labute approximate surface area is 125 Å². The zero-order chi connectivity index (χ0) is 14.8. The van der Waals surface area contributed by atoms with Crippen LogP contribution >= 0.6 is 0 Å². The van der Waals surface area contributed by atoms with Gasteiger partial charge in [0, 0.05) is 12.7 Å². The average molecular weight is 279 g/mol. The van der Waals surface area contributed by atoms with E-state index in [1.165, 1.54) is 11.1 Å². The van der Waals surface area contributed by atoms with Crippen LogP contribution in [0.5, 0.6) is 0 Å². The van der Waals surface area contributed by atoms with Gasteiger partial charge in [0.25, 0.3) is 0 Å². The second-order valence-corrected chi connectivity index (χ2v) is 5.43. The second-order valence-electron chi connectivity index (χ2n) is 5.43. The second kappa shape index (κ2) is 5.60. The van der Waals surface area contributed by atoms with Crippen LogP contribution < -0.4 is 5.32 Å². The van der Waals surface area contributed by atoms with Gasteiger partial charge in [-0.15, -0.1) is 0 Å². The van der Waals surface area contributed by atoms with Crippen molar-refractivity contribution in [2.45, 2.75) is 26.3 Å². The summed E-state index contributed by atoms with van der Waals surface area (Å²) in [5, 5.41) is 3.53. The topological polar surface area (TPSA) is 29.9 Å². The summed E-state index contributed by atoms with van der Waals surface area (Å²) in [4.78, 5) is 4.74. The van der Waals surface area contributed by atoms with Crippen molar-refractivity contribution in [3.8, 4) is 0 Å². The van der Waals surface area contributed by atoms with Crippen molar-refractivity contribution < 1.29 is 0 Å². The molecule has 0 bridgehead atoms. The van der Waals surface area contributed by atoms with Crippen LogP contribution in [0, 0.1) is 0 Å².